The molecule has 112 heavy (non-hydrogen) atoms. The number of thiophene rings is 2. The Bertz CT molecular complexity index is 6350. The summed E-state index contributed by atoms with van der Waals surface area (Å²) in [6.45, 7) is 27.8. The van der Waals surface area contributed by atoms with Crippen molar-refractivity contribution in [3.63, 3.8) is 0 Å². The van der Waals surface area contributed by atoms with Crippen LogP contribution >= 0.6 is 22.7 Å². The molecule has 0 saturated heterocycles. The predicted octanol–water partition coefficient (Wildman–Crippen LogP) is 28.8. The standard InChI is InChI=1S/C106H88BN3S2/c1-103(2,3)71-33-21-29-65(57-71)78-43-25-44-79(66-30-22-34-72(58-66)104(4,5)6)101(78)109-90-55-53-69(76-41-27-51-96-98(76)84-39-15-19-49-94(84)111-96)61-86(90)107-87-62-70(77-42-28-52-97-99(77)85-40-16-20-50-95(85)112-97)54-56-91(87)110(93-64-75(63-92(109)100(93)107)108-88-47-17-13-37-82(88)83-38-14-18-48-89(83)108)102-80(67-31-23-35-73(59-67)105(7,8)9)45-26-46-81(102)68-32-24-36-74(60-68)106(10,11)12/h13-64H,1-12H3. The molecule has 2 aliphatic rings. The van der Waals surface area contributed by atoms with Crippen molar-refractivity contribution in [3.8, 4) is 72.4 Å². The summed E-state index contributed by atoms with van der Waals surface area (Å²) in [7, 11) is 0. The van der Waals surface area contributed by atoms with Crippen LogP contribution in [0.4, 0.5) is 34.1 Å². The Kier molecular flexibility index (Phi) is 16.0. The summed E-state index contributed by atoms with van der Waals surface area (Å²) in [5, 5.41) is 7.58. The van der Waals surface area contributed by atoms with E-state index in [1.165, 1.54) is 134 Å². The Morgan fingerprint density at radius 3 is 0.920 bits per heavy atom. The van der Waals surface area contributed by atoms with Gasteiger partial charge in [0.25, 0.3) is 6.71 Å². The van der Waals surface area contributed by atoms with E-state index in [2.05, 4.69) is 413 Å². The fraction of sp³-hybridized carbons (Fsp3) is 0.151. The molecule has 15 aromatic carbocycles. The molecule has 0 radical (unpaired) electrons. The van der Waals surface area contributed by atoms with E-state index in [4.69, 9.17) is 0 Å². The Morgan fingerprint density at radius 2 is 0.554 bits per heavy atom. The molecule has 0 saturated carbocycles. The molecular weight excluding hydrogens is 1390 g/mol. The molecule has 20 rings (SSSR count). The van der Waals surface area contributed by atoms with E-state index in [9.17, 15) is 0 Å². The van der Waals surface area contributed by atoms with Crippen molar-refractivity contribution in [2.24, 2.45) is 0 Å². The molecule has 0 N–H and O–H groups in total. The van der Waals surface area contributed by atoms with Gasteiger partial charge in [0.1, 0.15) is 0 Å². The second kappa shape index (κ2) is 25.9. The highest BCUT2D eigenvalue weighted by atomic mass is 32.1. The minimum absolute atomic E-state index is 0.127. The largest absolute Gasteiger partial charge is 0.310 e. The number of aromatic nitrogens is 1. The Morgan fingerprint density at radius 1 is 0.250 bits per heavy atom. The summed E-state index contributed by atoms with van der Waals surface area (Å²) < 4.78 is 7.72. The molecule has 3 nitrogen and oxygen atoms in total. The van der Waals surface area contributed by atoms with Gasteiger partial charge < -0.3 is 14.4 Å². The average molecular weight is 1480 g/mol. The van der Waals surface area contributed by atoms with Crippen LogP contribution in [0.5, 0.6) is 0 Å². The third kappa shape index (κ3) is 11.3. The molecule has 0 aliphatic carbocycles. The molecule has 3 aromatic heterocycles. The normalized spacial score (nSPS) is 13.1. The van der Waals surface area contributed by atoms with Gasteiger partial charge in [-0.3, -0.25) is 0 Å². The molecule has 542 valence electrons. The molecule has 18 aromatic rings. The SMILES string of the molecule is CC(C)(C)c1cccc(-c2cccc(-c3cccc(C(C)(C)C)c3)c2N2c3ccc(-c4cccc5sc6ccccc6c45)cc3B3c4cc(-c5cccc6sc7ccccc7c56)ccc4N(c4c(-c5cccc(C(C)(C)C)c5)cccc4-c4cccc(C(C)(C)C)c4)c4cc(-n5c6ccccc6c6ccccc65)cc2c43)c1. The quantitative estimate of drug-likeness (QED) is 0.133. The van der Waals surface area contributed by atoms with Crippen LogP contribution in [-0.4, -0.2) is 11.3 Å². The van der Waals surface area contributed by atoms with E-state index < -0.39 is 0 Å². The number of fused-ring (bicyclic) bond motifs is 13. The van der Waals surface area contributed by atoms with E-state index in [1.807, 2.05) is 22.7 Å². The molecule has 2 aliphatic heterocycles. The first kappa shape index (κ1) is 69.4. The van der Waals surface area contributed by atoms with Crippen LogP contribution in [-0.2, 0) is 21.7 Å². The van der Waals surface area contributed by atoms with Gasteiger partial charge in [0.2, 0.25) is 0 Å². The lowest BCUT2D eigenvalue weighted by Crippen LogP contribution is -2.61. The minimum Gasteiger partial charge on any atom is -0.310 e. The number of anilines is 6. The van der Waals surface area contributed by atoms with E-state index in [0.717, 1.165) is 73.1 Å². The smallest absolute Gasteiger partial charge is 0.252 e. The first-order valence-electron chi connectivity index (χ1n) is 39.6. The third-order valence-corrected chi connectivity index (χ3v) is 26.3. The van der Waals surface area contributed by atoms with E-state index in [1.54, 1.807) is 0 Å². The lowest BCUT2D eigenvalue weighted by Gasteiger charge is -2.46. The van der Waals surface area contributed by atoms with Gasteiger partial charge in [0, 0.05) is 96.1 Å². The fourth-order valence-electron chi connectivity index (χ4n) is 18.3. The van der Waals surface area contributed by atoms with Crippen LogP contribution in [0.15, 0.2) is 315 Å². The summed E-state index contributed by atoms with van der Waals surface area (Å²) in [6, 6.07) is 122. The first-order valence-corrected chi connectivity index (χ1v) is 41.3. The highest BCUT2D eigenvalue weighted by molar-refractivity contribution is 7.26. The second-order valence-electron chi connectivity index (χ2n) is 35.2. The number of nitrogens with zero attached hydrogens (tertiary/aromatic N) is 3. The highest BCUT2D eigenvalue weighted by Gasteiger charge is 2.46. The van der Waals surface area contributed by atoms with Crippen molar-refractivity contribution < 1.29 is 0 Å². The van der Waals surface area contributed by atoms with Crippen LogP contribution in [0.1, 0.15) is 105 Å². The van der Waals surface area contributed by atoms with Crippen LogP contribution in [0.3, 0.4) is 0 Å². The highest BCUT2D eigenvalue weighted by Crippen LogP contribution is 2.56. The van der Waals surface area contributed by atoms with Gasteiger partial charge in [0.05, 0.1) is 28.1 Å². The third-order valence-electron chi connectivity index (χ3n) is 24.0. The van der Waals surface area contributed by atoms with Gasteiger partial charge in [-0.2, -0.15) is 0 Å². The van der Waals surface area contributed by atoms with Crippen molar-refractivity contribution in [2.45, 2.75) is 105 Å². The molecular formula is C106H88BN3S2. The van der Waals surface area contributed by atoms with Crippen molar-refractivity contribution in [3.05, 3.63) is 338 Å². The van der Waals surface area contributed by atoms with Crippen LogP contribution in [0, 0.1) is 0 Å². The second-order valence-corrected chi connectivity index (χ2v) is 37.4. The summed E-state index contributed by atoms with van der Waals surface area (Å²) in [5.74, 6) is 0. The van der Waals surface area contributed by atoms with Gasteiger partial charge in [-0.15, -0.1) is 22.7 Å². The molecule has 0 amide bonds. The maximum absolute atomic E-state index is 2.75. The zero-order valence-electron chi connectivity index (χ0n) is 65.8. The zero-order valence-corrected chi connectivity index (χ0v) is 67.4. The lowest BCUT2D eigenvalue weighted by molar-refractivity contribution is 0.590. The number of rotatable bonds is 9. The van der Waals surface area contributed by atoms with Crippen LogP contribution < -0.4 is 26.2 Å². The van der Waals surface area contributed by atoms with Gasteiger partial charge in [-0.25, -0.2) is 0 Å². The molecule has 0 spiro atoms. The minimum atomic E-state index is -0.320. The number of benzene rings is 15. The molecule has 0 atom stereocenters. The average Bonchev–Trinajstić information content (AvgIpc) is 0.834. The van der Waals surface area contributed by atoms with Crippen molar-refractivity contribution >= 4 is 142 Å². The lowest BCUT2D eigenvalue weighted by atomic mass is 9.33. The molecule has 0 fully saturated rings. The Labute approximate surface area is 666 Å². The maximum atomic E-state index is 2.75. The molecule has 5 heterocycles. The first-order chi connectivity index (χ1) is 54.1. The summed E-state index contributed by atoms with van der Waals surface area (Å²) in [4.78, 5) is 5.50. The number of hydrogen-bond acceptors (Lipinski definition) is 4. The van der Waals surface area contributed by atoms with E-state index in [0.29, 0.717) is 0 Å². The molecule has 6 heteroatoms. The van der Waals surface area contributed by atoms with Gasteiger partial charge >= 0.3 is 0 Å². The van der Waals surface area contributed by atoms with Gasteiger partial charge in [-0.05, 0) is 165 Å². The monoisotopic (exact) mass is 1480 g/mol. The predicted molar refractivity (Wildman–Crippen MR) is 488 cm³/mol. The molecule has 0 bridgehead atoms. The summed E-state index contributed by atoms with van der Waals surface area (Å²) in [6.07, 6.45) is 0. The molecule has 0 unspecified atom stereocenters. The summed E-state index contributed by atoms with van der Waals surface area (Å²) >= 11 is 3.77. The zero-order chi connectivity index (χ0) is 76.4. The van der Waals surface area contributed by atoms with Gasteiger partial charge in [0.15, 0.2) is 0 Å². The van der Waals surface area contributed by atoms with E-state index in [-0.39, 0.29) is 28.4 Å². The Hall–Kier alpha value is -11.8. The van der Waals surface area contributed by atoms with Crippen molar-refractivity contribution in [1.29, 1.82) is 0 Å². The number of para-hydroxylation sites is 4. The fourth-order valence-corrected chi connectivity index (χ4v) is 20.5. The van der Waals surface area contributed by atoms with Crippen LogP contribution in [0.25, 0.3) is 135 Å². The van der Waals surface area contributed by atoms with Gasteiger partial charge in [-0.1, -0.05) is 338 Å². The van der Waals surface area contributed by atoms with Crippen molar-refractivity contribution in [1.82, 2.24) is 4.57 Å². The Balaban J connectivity index is 0.999. The summed E-state index contributed by atoms with van der Waals surface area (Å²) in [5.41, 5.74) is 32.6. The van der Waals surface area contributed by atoms with Crippen LogP contribution in [0.2, 0.25) is 0 Å². The topological polar surface area (TPSA) is 11.4 Å². The van der Waals surface area contributed by atoms with Crippen molar-refractivity contribution in [2.75, 3.05) is 9.80 Å². The number of hydrogen-bond donors (Lipinski definition) is 0. The maximum Gasteiger partial charge on any atom is 0.252 e. The van der Waals surface area contributed by atoms with E-state index >= 15 is 0 Å².